The fraction of sp³-hybridized carbons (Fsp3) is 0.316. The first kappa shape index (κ1) is 19.5. The van der Waals surface area contributed by atoms with Crippen molar-refractivity contribution in [3.8, 4) is 0 Å². The van der Waals surface area contributed by atoms with Gasteiger partial charge in [-0.1, -0.05) is 18.2 Å². The van der Waals surface area contributed by atoms with E-state index in [1.165, 1.54) is 16.4 Å². The number of benzene rings is 2. The Morgan fingerprint density at radius 3 is 2.63 bits per heavy atom. The first-order chi connectivity index (χ1) is 12.9. The monoisotopic (exact) mass is 390 g/mol. The van der Waals surface area contributed by atoms with Crippen LogP contribution in [0.1, 0.15) is 21.5 Å². The number of ether oxygens (including phenoxy) is 1. The molecule has 0 atom stereocenters. The van der Waals surface area contributed by atoms with Gasteiger partial charge in [0.25, 0.3) is 5.91 Å². The fourth-order valence-electron chi connectivity index (χ4n) is 2.89. The summed E-state index contributed by atoms with van der Waals surface area (Å²) in [5, 5.41) is 12.0. The molecule has 7 nitrogen and oxygen atoms in total. The normalized spacial score (nSPS) is 15.5. The highest BCUT2D eigenvalue weighted by atomic mass is 32.2. The molecule has 2 aromatic rings. The Morgan fingerprint density at radius 1 is 1.19 bits per heavy atom. The van der Waals surface area contributed by atoms with Crippen molar-refractivity contribution in [2.24, 2.45) is 0 Å². The smallest absolute Gasteiger partial charge is 0.255 e. The lowest BCUT2D eigenvalue weighted by Gasteiger charge is -2.26. The van der Waals surface area contributed by atoms with E-state index in [0.29, 0.717) is 48.7 Å². The second-order valence-corrected chi connectivity index (χ2v) is 8.24. The van der Waals surface area contributed by atoms with Gasteiger partial charge in [0.2, 0.25) is 10.0 Å². The van der Waals surface area contributed by atoms with Crippen LogP contribution in [-0.4, -0.2) is 50.0 Å². The molecule has 1 saturated heterocycles. The van der Waals surface area contributed by atoms with Gasteiger partial charge in [0.1, 0.15) is 0 Å². The molecular weight excluding hydrogens is 368 g/mol. The van der Waals surface area contributed by atoms with Crippen LogP contribution in [0.25, 0.3) is 0 Å². The van der Waals surface area contributed by atoms with Gasteiger partial charge in [0.15, 0.2) is 0 Å². The average molecular weight is 390 g/mol. The van der Waals surface area contributed by atoms with Crippen LogP contribution in [0.3, 0.4) is 0 Å². The Morgan fingerprint density at radius 2 is 1.93 bits per heavy atom. The third kappa shape index (κ3) is 4.36. The first-order valence-corrected chi connectivity index (χ1v) is 10.1. The number of morpholine rings is 1. The van der Waals surface area contributed by atoms with Crippen molar-refractivity contribution in [1.82, 2.24) is 4.31 Å². The number of sulfonamides is 1. The molecule has 1 amide bonds. The van der Waals surface area contributed by atoms with Crippen molar-refractivity contribution in [3.05, 3.63) is 59.2 Å². The molecule has 0 bridgehead atoms. The highest BCUT2D eigenvalue weighted by Crippen LogP contribution is 2.22. The molecule has 8 heteroatoms. The van der Waals surface area contributed by atoms with Crippen LogP contribution < -0.4 is 5.32 Å². The summed E-state index contributed by atoms with van der Waals surface area (Å²) in [5.41, 5.74) is 2.17. The molecule has 27 heavy (non-hydrogen) atoms. The van der Waals surface area contributed by atoms with E-state index < -0.39 is 15.9 Å². The molecule has 1 aliphatic rings. The van der Waals surface area contributed by atoms with Crippen molar-refractivity contribution in [2.45, 2.75) is 18.4 Å². The van der Waals surface area contributed by atoms with Gasteiger partial charge in [-0.2, -0.15) is 4.31 Å². The molecule has 0 radical (unpaired) electrons. The topological polar surface area (TPSA) is 95.9 Å². The summed E-state index contributed by atoms with van der Waals surface area (Å²) in [5.74, 6) is -0.401. The third-order valence-electron chi connectivity index (χ3n) is 4.43. The van der Waals surface area contributed by atoms with Crippen molar-refractivity contribution in [1.29, 1.82) is 0 Å². The van der Waals surface area contributed by atoms with Gasteiger partial charge in [-0.15, -0.1) is 0 Å². The number of anilines is 1. The van der Waals surface area contributed by atoms with E-state index in [-0.39, 0.29) is 11.5 Å². The van der Waals surface area contributed by atoms with Crippen LogP contribution in [0.2, 0.25) is 0 Å². The molecule has 1 fully saturated rings. The number of hydrogen-bond acceptors (Lipinski definition) is 5. The molecule has 2 aromatic carbocycles. The minimum atomic E-state index is -3.68. The third-order valence-corrected chi connectivity index (χ3v) is 6.32. The summed E-state index contributed by atoms with van der Waals surface area (Å²) in [6.07, 6.45) is 0. The predicted molar refractivity (Wildman–Crippen MR) is 101 cm³/mol. The van der Waals surface area contributed by atoms with E-state index >= 15 is 0 Å². The summed E-state index contributed by atoms with van der Waals surface area (Å²) >= 11 is 0. The number of rotatable bonds is 5. The Balaban J connectivity index is 1.87. The zero-order chi connectivity index (χ0) is 19.4. The van der Waals surface area contributed by atoms with Crippen molar-refractivity contribution in [2.75, 3.05) is 31.6 Å². The van der Waals surface area contributed by atoms with Crippen LogP contribution in [0.4, 0.5) is 5.69 Å². The molecule has 1 heterocycles. The number of carbonyl (C=O) groups is 1. The van der Waals surface area contributed by atoms with Gasteiger partial charge in [-0.3, -0.25) is 4.79 Å². The van der Waals surface area contributed by atoms with E-state index in [9.17, 15) is 18.3 Å². The second kappa shape index (κ2) is 8.18. The molecule has 0 saturated carbocycles. The zero-order valence-corrected chi connectivity index (χ0v) is 15.8. The van der Waals surface area contributed by atoms with Gasteiger partial charge < -0.3 is 15.2 Å². The Kier molecular flexibility index (Phi) is 5.91. The van der Waals surface area contributed by atoms with Crippen LogP contribution >= 0.6 is 0 Å². The molecule has 3 rings (SSSR count). The Hall–Kier alpha value is -2.26. The predicted octanol–water partition coefficient (Wildman–Crippen LogP) is 1.76. The number of nitrogens with zero attached hydrogens (tertiary/aromatic N) is 1. The molecule has 0 aliphatic carbocycles. The zero-order valence-electron chi connectivity index (χ0n) is 15.0. The molecule has 2 N–H and O–H groups in total. The number of amides is 1. The number of aryl methyl sites for hydroxylation is 1. The highest BCUT2D eigenvalue weighted by molar-refractivity contribution is 7.89. The maximum Gasteiger partial charge on any atom is 0.255 e. The lowest BCUT2D eigenvalue weighted by Crippen LogP contribution is -2.40. The minimum Gasteiger partial charge on any atom is -0.392 e. The van der Waals surface area contributed by atoms with E-state index in [0.717, 1.165) is 0 Å². The highest BCUT2D eigenvalue weighted by Gasteiger charge is 2.27. The SMILES string of the molecule is Cc1ccc(S(=O)(=O)N2CCOCC2)cc1C(=O)Nc1cccc(CO)c1. The molecular formula is C19H22N2O5S. The summed E-state index contributed by atoms with van der Waals surface area (Å²) < 4.78 is 32.2. The maximum atomic E-state index is 12.8. The maximum absolute atomic E-state index is 12.8. The Labute approximate surface area is 158 Å². The van der Waals surface area contributed by atoms with Crippen molar-refractivity contribution < 1.29 is 23.1 Å². The van der Waals surface area contributed by atoms with Crippen LogP contribution in [0.15, 0.2) is 47.4 Å². The molecule has 0 aromatic heterocycles. The van der Waals surface area contributed by atoms with Gasteiger partial charge in [0, 0.05) is 24.3 Å². The van der Waals surface area contributed by atoms with E-state index in [2.05, 4.69) is 5.32 Å². The van der Waals surface area contributed by atoms with Gasteiger partial charge in [-0.05, 0) is 42.3 Å². The van der Waals surface area contributed by atoms with E-state index in [4.69, 9.17) is 4.74 Å². The number of nitrogens with one attached hydrogen (secondary N) is 1. The van der Waals surface area contributed by atoms with Crippen molar-refractivity contribution >= 4 is 21.6 Å². The van der Waals surface area contributed by atoms with Crippen LogP contribution in [0, 0.1) is 6.92 Å². The number of aliphatic hydroxyl groups excluding tert-OH is 1. The standard InChI is InChI=1S/C19H22N2O5S/c1-14-5-6-17(27(24,25)21-7-9-26-10-8-21)12-18(14)19(23)20-16-4-2-3-15(11-16)13-22/h2-6,11-12,22H,7-10,13H2,1H3,(H,20,23). The van der Waals surface area contributed by atoms with Crippen LogP contribution in [0.5, 0.6) is 0 Å². The number of carbonyl (C=O) groups excluding carboxylic acids is 1. The van der Waals surface area contributed by atoms with Crippen molar-refractivity contribution in [3.63, 3.8) is 0 Å². The van der Waals surface area contributed by atoms with Gasteiger partial charge >= 0.3 is 0 Å². The lowest BCUT2D eigenvalue weighted by molar-refractivity contribution is 0.0730. The Bertz CT molecular complexity index is 937. The van der Waals surface area contributed by atoms with E-state index in [1.54, 1.807) is 37.3 Å². The molecule has 1 aliphatic heterocycles. The minimum absolute atomic E-state index is 0.0873. The van der Waals surface area contributed by atoms with Gasteiger partial charge in [-0.25, -0.2) is 8.42 Å². The molecule has 0 spiro atoms. The molecule has 0 unspecified atom stereocenters. The quantitative estimate of drug-likeness (QED) is 0.811. The van der Waals surface area contributed by atoms with Gasteiger partial charge in [0.05, 0.1) is 24.7 Å². The molecule has 144 valence electrons. The summed E-state index contributed by atoms with van der Waals surface area (Å²) in [4.78, 5) is 12.8. The second-order valence-electron chi connectivity index (χ2n) is 6.31. The average Bonchev–Trinajstić information content (AvgIpc) is 2.69. The first-order valence-electron chi connectivity index (χ1n) is 8.61. The van der Waals surface area contributed by atoms with E-state index in [1.807, 2.05) is 0 Å². The number of hydrogen-bond donors (Lipinski definition) is 2. The summed E-state index contributed by atoms with van der Waals surface area (Å²) in [7, 11) is -3.68. The number of aliphatic hydroxyl groups is 1. The summed E-state index contributed by atoms with van der Waals surface area (Å²) in [6.45, 7) is 2.94. The van der Waals surface area contributed by atoms with Crippen LogP contribution in [-0.2, 0) is 21.4 Å². The lowest BCUT2D eigenvalue weighted by atomic mass is 10.1. The fourth-order valence-corrected chi connectivity index (χ4v) is 4.32. The summed E-state index contributed by atoms with van der Waals surface area (Å²) in [6, 6.07) is 11.4. The largest absolute Gasteiger partial charge is 0.392 e.